The van der Waals surface area contributed by atoms with Crippen molar-refractivity contribution in [3.05, 3.63) is 35.9 Å². The first kappa shape index (κ1) is 32.0. The molecule has 0 saturated carbocycles. The number of amides is 4. The van der Waals surface area contributed by atoms with Crippen LogP contribution < -0.4 is 27.4 Å². The van der Waals surface area contributed by atoms with Crippen molar-refractivity contribution in [2.75, 3.05) is 0 Å². The molecule has 0 aliphatic rings. The summed E-state index contributed by atoms with van der Waals surface area (Å²) >= 11 is 0. The zero-order chi connectivity index (χ0) is 28.8. The van der Waals surface area contributed by atoms with Gasteiger partial charge in [-0.25, -0.2) is 4.79 Å². The van der Waals surface area contributed by atoms with E-state index >= 15 is 0 Å². The lowest BCUT2D eigenvalue weighted by molar-refractivity contribution is -0.143. The number of aliphatic carboxylic acids is 2. The Labute approximate surface area is 220 Å². The fraction of sp³-hybridized carbons (Fsp3) is 0.520. The Balaban J connectivity index is 3.14. The average Bonchev–Trinajstić information content (AvgIpc) is 2.87. The van der Waals surface area contributed by atoms with E-state index in [1.165, 1.54) is 0 Å². The molecule has 13 heteroatoms. The zero-order valence-electron chi connectivity index (χ0n) is 21.5. The molecule has 5 atom stereocenters. The molecule has 0 aliphatic carbocycles. The van der Waals surface area contributed by atoms with E-state index in [0.717, 1.165) is 0 Å². The molecule has 1 aromatic rings. The third-order valence-corrected chi connectivity index (χ3v) is 6.05. The van der Waals surface area contributed by atoms with Crippen LogP contribution >= 0.6 is 0 Å². The first-order valence-corrected chi connectivity index (χ1v) is 12.3. The minimum absolute atomic E-state index is 0.0617. The summed E-state index contributed by atoms with van der Waals surface area (Å²) in [7, 11) is 0. The molecule has 1 aromatic carbocycles. The number of carboxylic acids is 2. The van der Waals surface area contributed by atoms with Gasteiger partial charge < -0.3 is 37.6 Å². The maximum Gasteiger partial charge on any atom is 0.326 e. The maximum atomic E-state index is 13.3. The summed E-state index contributed by atoms with van der Waals surface area (Å²) in [5.74, 6) is -5.91. The van der Waals surface area contributed by atoms with Gasteiger partial charge in [0.2, 0.25) is 23.6 Å². The van der Waals surface area contributed by atoms with E-state index in [1.54, 1.807) is 37.3 Å². The Kier molecular flexibility index (Phi) is 13.5. The predicted molar refractivity (Wildman–Crippen MR) is 136 cm³/mol. The smallest absolute Gasteiger partial charge is 0.326 e. The van der Waals surface area contributed by atoms with Gasteiger partial charge in [-0.3, -0.25) is 24.0 Å². The molecular formula is C25H37N5O8. The molecule has 9 N–H and O–H groups in total. The van der Waals surface area contributed by atoms with Gasteiger partial charge in [0.05, 0.1) is 6.04 Å². The summed E-state index contributed by atoms with van der Waals surface area (Å²) in [5.41, 5.74) is 11.9. The van der Waals surface area contributed by atoms with Gasteiger partial charge in [0.1, 0.15) is 18.1 Å². The highest BCUT2D eigenvalue weighted by atomic mass is 16.4. The minimum atomic E-state index is -1.54. The highest BCUT2D eigenvalue weighted by molar-refractivity contribution is 5.94. The second-order valence-electron chi connectivity index (χ2n) is 9.06. The summed E-state index contributed by atoms with van der Waals surface area (Å²) in [6.07, 6.45) is -0.779. The topological polar surface area (TPSA) is 231 Å². The number of hydrogen-bond acceptors (Lipinski definition) is 7. The molecule has 5 unspecified atom stereocenters. The quantitative estimate of drug-likeness (QED) is 0.133. The number of carboxylic acid groups (broad SMARTS) is 2. The van der Waals surface area contributed by atoms with Crippen LogP contribution in [-0.4, -0.2) is 69.9 Å². The maximum absolute atomic E-state index is 13.3. The standard InChI is InChI=1S/C25H37N5O8/c1-3-14(2)21(27)24(36)30-18(13-15-7-5-4-6-8-15)23(35)28-16(9-11-19(26)31)22(34)29-17(25(37)38)10-12-20(32)33/h4-8,14,16-18,21H,3,9-13,27H2,1-2H3,(H2,26,31)(H,28,35)(H,29,34)(H,30,36)(H,32,33)(H,37,38). The number of rotatable bonds is 17. The summed E-state index contributed by atoms with van der Waals surface area (Å²) in [6, 6.07) is 3.82. The molecule has 0 spiro atoms. The van der Waals surface area contributed by atoms with Gasteiger partial charge in [-0.2, -0.15) is 0 Å². The SMILES string of the molecule is CCC(C)C(N)C(=O)NC(Cc1ccccc1)C(=O)NC(CCC(N)=O)C(=O)NC(CCC(=O)O)C(=O)O. The highest BCUT2D eigenvalue weighted by Crippen LogP contribution is 2.09. The zero-order valence-corrected chi connectivity index (χ0v) is 21.5. The number of carbonyl (C=O) groups excluding carboxylic acids is 4. The number of nitrogens with two attached hydrogens (primary N) is 2. The average molecular weight is 536 g/mol. The van der Waals surface area contributed by atoms with Gasteiger partial charge in [0.25, 0.3) is 0 Å². The van der Waals surface area contributed by atoms with Gasteiger partial charge in [-0.05, 0) is 24.3 Å². The van der Waals surface area contributed by atoms with Gasteiger partial charge in [0, 0.05) is 19.3 Å². The van der Waals surface area contributed by atoms with Crippen LogP contribution in [0.4, 0.5) is 0 Å². The van der Waals surface area contributed by atoms with Crippen LogP contribution in [0.2, 0.25) is 0 Å². The molecule has 4 amide bonds. The Morgan fingerprint density at radius 2 is 1.34 bits per heavy atom. The summed E-state index contributed by atoms with van der Waals surface area (Å²) < 4.78 is 0. The highest BCUT2D eigenvalue weighted by Gasteiger charge is 2.31. The molecule has 0 bridgehead atoms. The van der Waals surface area contributed by atoms with Crippen LogP contribution in [0.25, 0.3) is 0 Å². The van der Waals surface area contributed by atoms with Crippen molar-refractivity contribution in [2.45, 2.75) is 76.5 Å². The summed E-state index contributed by atoms with van der Waals surface area (Å²) in [4.78, 5) is 72.6. The minimum Gasteiger partial charge on any atom is -0.481 e. The fourth-order valence-corrected chi connectivity index (χ4v) is 3.46. The van der Waals surface area contributed by atoms with Gasteiger partial charge in [-0.15, -0.1) is 0 Å². The van der Waals surface area contributed by atoms with E-state index < -0.39 is 72.6 Å². The van der Waals surface area contributed by atoms with Crippen LogP contribution in [0.5, 0.6) is 0 Å². The number of carbonyl (C=O) groups is 6. The lowest BCUT2D eigenvalue weighted by atomic mass is 9.98. The molecule has 1 rings (SSSR count). The third kappa shape index (κ3) is 11.4. The molecule has 0 fully saturated rings. The van der Waals surface area contributed by atoms with E-state index in [9.17, 15) is 33.9 Å². The molecule has 0 radical (unpaired) electrons. The van der Waals surface area contributed by atoms with Gasteiger partial charge in [-0.1, -0.05) is 50.6 Å². The van der Waals surface area contributed by atoms with E-state index in [2.05, 4.69) is 16.0 Å². The van der Waals surface area contributed by atoms with Crippen molar-refractivity contribution < 1.29 is 39.0 Å². The van der Waals surface area contributed by atoms with Crippen molar-refractivity contribution in [1.82, 2.24) is 16.0 Å². The lowest BCUT2D eigenvalue weighted by Gasteiger charge is -2.26. The second kappa shape index (κ2) is 16.0. The van der Waals surface area contributed by atoms with Crippen molar-refractivity contribution in [1.29, 1.82) is 0 Å². The molecule has 13 nitrogen and oxygen atoms in total. The largest absolute Gasteiger partial charge is 0.481 e. The van der Waals surface area contributed by atoms with Crippen LogP contribution in [0.1, 0.15) is 51.5 Å². The molecule has 0 heterocycles. The van der Waals surface area contributed by atoms with E-state index in [0.29, 0.717) is 12.0 Å². The van der Waals surface area contributed by atoms with Crippen LogP contribution in [0.15, 0.2) is 30.3 Å². The molecule has 0 saturated heterocycles. The van der Waals surface area contributed by atoms with Crippen molar-refractivity contribution >= 4 is 35.6 Å². The third-order valence-electron chi connectivity index (χ3n) is 6.05. The Morgan fingerprint density at radius 1 is 0.816 bits per heavy atom. The Bertz CT molecular complexity index is 987. The second-order valence-corrected chi connectivity index (χ2v) is 9.06. The summed E-state index contributed by atoms with van der Waals surface area (Å²) in [6.45, 7) is 3.67. The number of hydrogen-bond donors (Lipinski definition) is 7. The monoisotopic (exact) mass is 535 g/mol. The Morgan fingerprint density at radius 3 is 1.87 bits per heavy atom. The molecule has 210 valence electrons. The van der Waals surface area contributed by atoms with Crippen molar-refractivity contribution in [3.63, 3.8) is 0 Å². The molecular weight excluding hydrogens is 498 g/mol. The molecule has 0 aliphatic heterocycles. The predicted octanol–water partition coefficient (Wildman–Crippen LogP) is -0.728. The van der Waals surface area contributed by atoms with Crippen LogP contribution in [0.3, 0.4) is 0 Å². The number of benzene rings is 1. The lowest BCUT2D eigenvalue weighted by Crippen LogP contribution is -2.58. The van der Waals surface area contributed by atoms with Gasteiger partial charge >= 0.3 is 11.9 Å². The van der Waals surface area contributed by atoms with Crippen LogP contribution in [0, 0.1) is 5.92 Å². The number of nitrogens with one attached hydrogen (secondary N) is 3. The van der Waals surface area contributed by atoms with Crippen molar-refractivity contribution in [2.24, 2.45) is 17.4 Å². The van der Waals surface area contributed by atoms with E-state index in [1.807, 2.05) is 6.92 Å². The fourth-order valence-electron chi connectivity index (χ4n) is 3.46. The summed E-state index contributed by atoms with van der Waals surface area (Å²) in [5, 5.41) is 25.5. The van der Waals surface area contributed by atoms with Crippen LogP contribution in [-0.2, 0) is 35.2 Å². The number of primary amides is 1. The Hall–Kier alpha value is -4.00. The molecule has 38 heavy (non-hydrogen) atoms. The normalized spacial score (nSPS) is 14.7. The first-order valence-electron chi connectivity index (χ1n) is 12.3. The van der Waals surface area contributed by atoms with E-state index in [4.69, 9.17) is 16.6 Å². The first-order chi connectivity index (χ1) is 17.8. The van der Waals surface area contributed by atoms with Crippen molar-refractivity contribution in [3.8, 4) is 0 Å². The van der Waals surface area contributed by atoms with Gasteiger partial charge in [0.15, 0.2) is 0 Å². The molecule has 0 aromatic heterocycles. The van der Waals surface area contributed by atoms with E-state index in [-0.39, 0.29) is 25.2 Å².